The van der Waals surface area contributed by atoms with Gasteiger partial charge >= 0.3 is 11.8 Å². The van der Waals surface area contributed by atoms with Crippen molar-refractivity contribution < 1.29 is 9.90 Å². The second-order valence-electron chi connectivity index (χ2n) is 10.2. The Morgan fingerprint density at radius 3 is 2.29 bits per heavy atom. The predicted molar refractivity (Wildman–Crippen MR) is 151 cm³/mol. The summed E-state index contributed by atoms with van der Waals surface area (Å²) in [6.45, 7) is 4.10. The summed E-state index contributed by atoms with van der Waals surface area (Å²) in [6.07, 6.45) is 0.934. The number of likely N-dealkylation sites (tertiary alicyclic amines) is 1. The number of carboxylic acid groups (broad SMARTS) is 1. The molecular weight excluding hydrogens is 500 g/mol. The van der Waals surface area contributed by atoms with Crippen LogP contribution in [0, 0.1) is 0 Å². The van der Waals surface area contributed by atoms with E-state index >= 15 is 0 Å². The van der Waals surface area contributed by atoms with E-state index in [1.54, 1.807) is 21.6 Å². The number of carbonyl (C=O) groups is 1. The first-order valence-corrected chi connectivity index (χ1v) is 13.5. The lowest BCUT2D eigenvalue weighted by Gasteiger charge is -2.41. The molecule has 1 aliphatic heterocycles. The number of H-pyrrole nitrogens is 1. The summed E-state index contributed by atoms with van der Waals surface area (Å²) in [4.78, 5) is 32.1. The van der Waals surface area contributed by atoms with Crippen molar-refractivity contribution in [1.29, 1.82) is 0 Å². The van der Waals surface area contributed by atoms with Gasteiger partial charge in [-0.15, -0.1) is 0 Å². The molecular formula is C30H33ClN4O3. The fourth-order valence-electron chi connectivity index (χ4n) is 5.75. The summed E-state index contributed by atoms with van der Waals surface area (Å²) in [5, 5.41) is 10.6. The number of fused-ring (bicyclic) bond motifs is 1. The molecule has 7 nitrogen and oxygen atoms in total. The van der Waals surface area contributed by atoms with E-state index in [2.05, 4.69) is 41.1 Å². The maximum absolute atomic E-state index is 12.9. The molecule has 0 saturated carbocycles. The Bertz CT molecular complexity index is 1390. The van der Waals surface area contributed by atoms with Gasteiger partial charge in [0.15, 0.2) is 0 Å². The topological polar surface area (TPSA) is 81.6 Å². The van der Waals surface area contributed by atoms with Crippen LogP contribution in [0.3, 0.4) is 0 Å². The summed E-state index contributed by atoms with van der Waals surface area (Å²) in [6, 6.07) is 25.9. The van der Waals surface area contributed by atoms with Gasteiger partial charge in [-0.05, 0) is 55.5 Å². The number of piperidine rings is 1. The predicted octanol–water partition coefficient (Wildman–Crippen LogP) is 6.15. The van der Waals surface area contributed by atoms with Crippen LogP contribution in [0.1, 0.15) is 43.4 Å². The van der Waals surface area contributed by atoms with Crippen molar-refractivity contribution in [3.05, 3.63) is 105 Å². The Morgan fingerprint density at radius 2 is 1.68 bits per heavy atom. The van der Waals surface area contributed by atoms with Gasteiger partial charge in [0.2, 0.25) is 0 Å². The van der Waals surface area contributed by atoms with Gasteiger partial charge in [0.05, 0.1) is 11.0 Å². The van der Waals surface area contributed by atoms with Crippen LogP contribution >= 0.6 is 11.6 Å². The third-order valence-corrected chi connectivity index (χ3v) is 7.91. The molecule has 3 unspecified atom stereocenters. The quantitative estimate of drug-likeness (QED) is 0.285. The molecule has 1 aromatic heterocycles. The molecule has 5 rings (SSSR count). The van der Waals surface area contributed by atoms with Crippen molar-refractivity contribution >= 4 is 28.7 Å². The van der Waals surface area contributed by atoms with Gasteiger partial charge in [-0.25, -0.2) is 9.59 Å². The third kappa shape index (κ3) is 5.79. The number of aromatic nitrogens is 2. The smallest absolute Gasteiger partial charge is 0.407 e. The fourth-order valence-corrected chi connectivity index (χ4v) is 5.92. The van der Waals surface area contributed by atoms with Crippen molar-refractivity contribution in [1.82, 2.24) is 19.4 Å². The highest BCUT2D eigenvalue weighted by atomic mass is 35.5. The molecule has 2 heterocycles. The summed E-state index contributed by atoms with van der Waals surface area (Å²) in [5.41, 5.74) is 3.75. The maximum atomic E-state index is 12.9. The first kappa shape index (κ1) is 26.1. The number of rotatable bonds is 8. The first-order chi connectivity index (χ1) is 18.4. The molecule has 38 heavy (non-hydrogen) atoms. The van der Waals surface area contributed by atoms with E-state index in [0.29, 0.717) is 36.3 Å². The number of amides is 1. The van der Waals surface area contributed by atoms with Crippen molar-refractivity contribution in [2.24, 2.45) is 0 Å². The van der Waals surface area contributed by atoms with E-state index in [-0.39, 0.29) is 23.8 Å². The van der Waals surface area contributed by atoms with E-state index in [1.807, 2.05) is 42.5 Å². The second kappa shape index (κ2) is 11.5. The molecule has 3 atom stereocenters. The molecule has 1 fully saturated rings. The van der Waals surface area contributed by atoms with Gasteiger partial charge < -0.3 is 15.0 Å². The van der Waals surface area contributed by atoms with Gasteiger partial charge in [0.25, 0.3) is 0 Å². The molecule has 1 aliphatic rings. The zero-order valence-corrected chi connectivity index (χ0v) is 22.2. The Morgan fingerprint density at radius 1 is 1.05 bits per heavy atom. The van der Waals surface area contributed by atoms with Crippen LogP contribution in [-0.2, 0) is 13.1 Å². The van der Waals surface area contributed by atoms with Crippen LogP contribution in [0.15, 0.2) is 83.7 Å². The lowest BCUT2D eigenvalue weighted by Crippen LogP contribution is -2.49. The van der Waals surface area contributed by atoms with E-state index < -0.39 is 6.09 Å². The molecule has 2 N–H and O–H groups in total. The zero-order valence-electron chi connectivity index (χ0n) is 21.5. The van der Waals surface area contributed by atoms with E-state index in [4.69, 9.17) is 11.6 Å². The van der Waals surface area contributed by atoms with Gasteiger partial charge in [-0.2, -0.15) is 0 Å². The number of nitrogens with one attached hydrogen (secondary N) is 1. The van der Waals surface area contributed by atoms with Crippen LogP contribution in [-0.4, -0.2) is 49.2 Å². The Labute approximate surface area is 227 Å². The highest BCUT2D eigenvalue weighted by molar-refractivity contribution is 6.31. The Kier molecular flexibility index (Phi) is 7.86. The summed E-state index contributed by atoms with van der Waals surface area (Å²) >= 11 is 6.14. The van der Waals surface area contributed by atoms with Gasteiger partial charge in [-0.1, -0.05) is 72.3 Å². The molecule has 8 heteroatoms. The molecule has 0 spiro atoms. The van der Waals surface area contributed by atoms with Crippen molar-refractivity contribution in [2.45, 2.75) is 57.4 Å². The molecule has 0 bridgehead atoms. The highest BCUT2D eigenvalue weighted by Crippen LogP contribution is 2.32. The summed E-state index contributed by atoms with van der Waals surface area (Å²) in [7, 11) is 0. The highest BCUT2D eigenvalue weighted by Gasteiger charge is 2.35. The van der Waals surface area contributed by atoms with Crippen molar-refractivity contribution in [2.75, 3.05) is 6.54 Å². The van der Waals surface area contributed by atoms with Crippen LogP contribution in [0.4, 0.5) is 4.79 Å². The molecule has 4 aromatic rings. The minimum atomic E-state index is -0.906. The number of nitrogens with zero attached hydrogens (tertiary/aromatic N) is 3. The first-order valence-electron chi connectivity index (χ1n) is 13.1. The normalized spacial score (nSPS) is 18.7. The van der Waals surface area contributed by atoms with E-state index in [0.717, 1.165) is 18.6 Å². The van der Waals surface area contributed by atoms with Crippen LogP contribution < -0.4 is 5.69 Å². The third-order valence-electron chi connectivity index (χ3n) is 7.67. The number of imidazole rings is 1. The summed E-state index contributed by atoms with van der Waals surface area (Å²) < 4.78 is 1.79. The minimum Gasteiger partial charge on any atom is -0.465 e. The van der Waals surface area contributed by atoms with Crippen LogP contribution in [0.2, 0.25) is 5.02 Å². The molecule has 1 saturated heterocycles. The number of hydrogen-bond acceptors (Lipinski definition) is 3. The summed E-state index contributed by atoms with van der Waals surface area (Å²) in [5.74, 6) is 0. The fraction of sp³-hybridized carbons (Fsp3) is 0.333. The number of halogens is 1. The molecule has 198 valence electrons. The zero-order chi connectivity index (χ0) is 26.6. The second-order valence-corrected chi connectivity index (χ2v) is 10.7. The molecule has 1 amide bonds. The van der Waals surface area contributed by atoms with Gasteiger partial charge in [0.1, 0.15) is 0 Å². The Balaban J connectivity index is 1.39. The van der Waals surface area contributed by atoms with Gasteiger partial charge in [0, 0.05) is 42.8 Å². The van der Waals surface area contributed by atoms with Gasteiger partial charge in [-0.3, -0.25) is 9.47 Å². The van der Waals surface area contributed by atoms with Crippen molar-refractivity contribution in [3.63, 3.8) is 0 Å². The van der Waals surface area contributed by atoms with Crippen molar-refractivity contribution in [3.8, 4) is 0 Å². The average Bonchev–Trinajstić information content (AvgIpc) is 3.24. The van der Waals surface area contributed by atoms with E-state index in [1.165, 1.54) is 11.1 Å². The molecule has 0 aliphatic carbocycles. The monoisotopic (exact) mass is 532 g/mol. The van der Waals surface area contributed by atoms with Crippen LogP contribution in [0.5, 0.6) is 0 Å². The van der Waals surface area contributed by atoms with Crippen LogP contribution in [0.25, 0.3) is 11.0 Å². The standard InChI is InChI=1S/C30H33ClN4O3/c1-21(33(19-22-8-4-2-5-9-22)20-23-10-6-3-7-11-23)16-26-18-25(14-15-34(26)30(37)38)35-28-13-12-24(31)17-27(28)32-29(35)36/h2-13,17,21,25-26H,14-16,18-20H2,1H3,(H,32,36)(H,37,38). The largest absolute Gasteiger partial charge is 0.465 e. The SMILES string of the molecule is CC(CC1CC(n2c(=O)[nH]c3cc(Cl)ccc32)CCN1C(=O)O)N(Cc1ccccc1)Cc1ccccc1. The minimum absolute atomic E-state index is 0.0954. The molecule has 0 radical (unpaired) electrons. The maximum Gasteiger partial charge on any atom is 0.407 e. The lowest BCUT2D eigenvalue weighted by molar-refractivity contribution is 0.0687. The number of aromatic amines is 1. The number of hydrogen-bond donors (Lipinski definition) is 2. The molecule has 3 aromatic carbocycles. The lowest BCUT2D eigenvalue weighted by atomic mass is 9.92. The number of benzene rings is 3. The van der Waals surface area contributed by atoms with E-state index in [9.17, 15) is 14.7 Å². The average molecular weight is 533 g/mol. The Hall–Kier alpha value is -3.55.